The number of imidazole rings is 1. The van der Waals surface area contributed by atoms with Gasteiger partial charge in [-0.15, -0.1) is 13.2 Å². The van der Waals surface area contributed by atoms with Gasteiger partial charge in [-0.2, -0.15) is 0 Å². The molecule has 4 rings (SSSR count). The van der Waals surface area contributed by atoms with Crippen molar-refractivity contribution in [2.24, 2.45) is 7.05 Å². The van der Waals surface area contributed by atoms with Gasteiger partial charge < -0.3 is 19.4 Å². The predicted octanol–water partition coefficient (Wildman–Crippen LogP) is 5.19. The molecular formula is C22H22F3N5O4. The minimum Gasteiger partial charge on any atom is -0.457 e. The van der Waals surface area contributed by atoms with Crippen molar-refractivity contribution in [3.63, 3.8) is 0 Å². The number of fused-ring (bicyclic) bond motifs is 1. The number of amides is 1. The number of rotatable bonds is 7. The molecule has 0 aliphatic carbocycles. The number of halogens is 3. The molecule has 180 valence electrons. The van der Waals surface area contributed by atoms with Crippen molar-refractivity contribution in [1.29, 1.82) is 0 Å². The van der Waals surface area contributed by atoms with Gasteiger partial charge in [-0.3, -0.25) is 14.6 Å². The molecule has 2 aromatic heterocycles. The molecule has 2 N–H and O–H groups in total. The highest BCUT2D eigenvalue weighted by Crippen LogP contribution is 2.30. The second-order valence-corrected chi connectivity index (χ2v) is 6.96. The average Bonchev–Trinajstić information content (AvgIpc) is 3.08. The lowest BCUT2D eigenvalue weighted by atomic mass is 10.3. The van der Waals surface area contributed by atoms with E-state index >= 15 is 0 Å². The van der Waals surface area contributed by atoms with E-state index in [1.807, 2.05) is 0 Å². The second-order valence-electron chi connectivity index (χ2n) is 6.96. The summed E-state index contributed by atoms with van der Waals surface area (Å²) in [5.41, 5.74) is 4.00. The molecule has 2 heterocycles. The fourth-order valence-electron chi connectivity index (χ4n) is 3.13. The maximum Gasteiger partial charge on any atom is 0.573 e. The number of aryl methyl sites for hydroxylation is 1. The molecule has 34 heavy (non-hydrogen) atoms. The number of hydrogen-bond acceptors (Lipinski definition) is 7. The van der Waals surface area contributed by atoms with Crippen LogP contribution in [0.25, 0.3) is 11.0 Å². The van der Waals surface area contributed by atoms with Crippen LogP contribution in [0.15, 0.2) is 60.8 Å². The summed E-state index contributed by atoms with van der Waals surface area (Å²) >= 11 is 0. The Morgan fingerprint density at radius 3 is 2.62 bits per heavy atom. The van der Waals surface area contributed by atoms with E-state index in [0.717, 1.165) is 5.52 Å². The monoisotopic (exact) mass is 477 g/mol. The third kappa shape index (κ3) is 5.35. The maximum atomic E-state index is 12.5. The van der Waals surface area contributed by atoms with Crippen LogP contribution in [0.2, 0.25) is 0 Å². The Bertz CT molecular complexity index is 1350. The fraction of sp³-hybridized carbons (Fsp3) is 0.136. The Morgan fingerprint density at radius 2 is 1.85 bits per heavy atom. The highest BCUT2D eigenvalue weighted by atomic mass is 19.4. The molecule has 0 fully saturated rings. The van der Waals surface area contributed by atoms with Gasteiger partial charge in [0.05, 0.1) is 18.1 Å². The van der Waals surface area contributed by atoms with Gasteiger partial charge in [0, 0.05) is 40.0 Å². The van der Waals surface area contributed by atoms with Crippen LogP contribution in [0.3, 0.4) is 0 Å². The third-order valence-corrected chi connectivity index (χ3v) is 4.57. The van der Waals surface area contributed by atoms with Gasteiger partial charge in [-0.25, -0.2) is 10.5 Å². The number of alkyl halides is 3. The van der Waals surface area contributed by atoms with E-state index in [0.29, 0.717) is 28.7 Å². The number of pyridine rings is 1. The van der Waals surface area contributed by atoms with Crippen LogP contribution in [0, 0.1) is 0 Å². The number of ether oxygens (including phenoxy) is 2. The fourth-order valence-corrected chi connectivity index (χ4v) is 3.13. The van der Waals surface area contributed by atoms with Crippen molar-refractivity contribution in [3.8, 4) is 17.2 Å². The van der Waals surface area contributed by atoms with Gasteiger partial charge in [-0.05, 0) is 30.3 Å². The van der Waals surface area contributed by atoms with E-state index in [1.54, 1.807) is 41.9 Å². The van der Waals surface area contributed by atoms with Crippen molar-refractivity contribution in [1.82, 2.24) is 20.0 Å². The van der Waals surface area contributed by atoms with E-state index in [1.165, 1.54) is 37.6 Å². The number of nitrogens with one attached hydrogen (secondary N) is 2. The molecule has 0 spiro atoms. The molecule has 1 amide bonds. The molecule has 0 radical (unpaired) electrons. The quantitative estimate of drug-likeness (QED) is 0.354. The number of hydrogen-bond donors (Lipinski definition) is 2. The van der Waals surface area contributed by atoms with Crippen LogP contribution in [0.4, 0.5) is 24.8 Å². The zero-order valence-corrected chi connectivity index (χ0v) is 17.9. The van der Waals surface area contributed by atoms with E-state index < -0.39 is 12.3 Å². The lowest BCUT2D eigenvalue weighted by Gasteiger charge is -2.11. The zero-order valence-electron chi connectivity index (χ0n) is 17.9. The van der Waals surface area contributed by atoms with Crippen LogP contribution >= 0.6 is 0 Å². The lowest BCUT2D eigenvalue weighted by molar-refractivity contribution is -0.274. The zero-order chi connectivity index (χ0) is 24.3. The SMILES string of the molecule is CONC(=O)c1cc(Oc2ccc3c(c2)nc(Nc2cccc(OC(F)(F)F)c2)n3C)ccn1.[HH].[HH]. The molecule has 2 aromatic carbocycles. The Balaban J connectivity index is 0.00000228. The first-order valence-corrected chi connectivity index (χ1v) is 9.78. The van der Waals surface area contributed by atoms with E-state index in [4.69, 9.17) is 4.74 Å². The van der Waals surface area contributed by atoms with Crippen molar-refractivity contribution < 1.29 is 35.1 Å². The van der Waals surface area contributed by atoms with Crippen LogP contribution in [0.5, 0.6) is 17.2 Å². The lowest BCUT2D eigenvalue weighted by Crippen LogP contribution is -2.22. The molecule has 12 heteroatoms. The van der Waals surface area contributed by atoms with E-state index in [9.17, 15) is 18.0 Å². The molecule has 0 aliphatic heterocycles. The molecule has 0 unspecified atom stereocenters. The van der Waals surface area contributed by atoms with Crippen LogP contribution < -0.4 is 20.3 Å². The smallest absolute Gasteiger partial charge is 0.457 e. The Morgan fingerprint density at radius 1 is 1.06 bits per heavy atom. The highest BCUT2D eigenvalue weighted by Gasteiger charge is 2.31. The van der Waals surface area contributed by atoms with Crippen LogP contribution in [-0.2, 0) is 11.9 Å². The Labute approximate surface area is 194 Å². The van der Waals surface area contributed by atoms with Crippen molar-refractivity contribution in [3.05, 3.63) is 66.5 Å². The van der Waals surface area contributed by atoms with Crippen LogP contribution in [-0.4, -0.2) is 33.9 Å². The molecule has 9 nitrogen and oxygen atoms in total. The van der Waals surface area contributed by atoms with Gasteiger partial charge in [0.25, 0.3) is 5.91 Å². The molecule has 0 atom stereocenters. The van der Waals surface area contributed by atoms with Crippen LogP contribution in [0.1, 0.15) is 13.3 Å². The molecule has 0 saturated carbocycles. The maximum absolute atomic E-state index is 12.5. The summed E-state index contributed by atoms with van der Waals surface area (Å²) < 4.78 is 49.0. The van der Waals surface area contributed by atoms with Crippen molar-refractivity contribution in [2.75, 3.05) is 12.4 Å². The van der Waals surface area contributed by atoms with Gasteiger partial charge in [0.2, 0.25) is 5.95 Å². The van der Waals surface area contributed by atoms with Crippen molar-refractivity contribution >= 4 is 28.6 Å². The number of carbonyl (C=O) groups excluding carboxylic acids is 1. The van der Waals surface area contributed by atoms with Gasteiger partial charge >= 0.3 is 6.36 Å². The number of carbonyl (C=O) groups is 1. The average molecular weight is 477 g/mol. The summed E-state index contributed by atoms with van der Waals surface area (Å²) in [4.78, 5) is 24.9. The largest absolute Gasteiger partial charge is 0.573 e. The highest BCUT2D eigenvalue weighted by molar-refractivity contribution is 5.91. The molecular weight excluding hydrogens is 455 g/mol. The summed E-state index contributed by atoms with van der Waals surface area (Å²) in [6.45, 7) is 0. The summed E-state index contributed by atoms with van der Waals surface area (Å²) in [7, 11) is 3.08. The topological polar surface area (TPSA) is 99.5 Å². The summed E-state index contributed by atoms with van der Waals surface area (Å²) in [5, 5.41) is 2.99. The predicted molar refractivity (Wildman–Crippen MR) is 120 cm³/mol. The summed E-state index contributed by atoms with van der Waals surface area (Å²) in [5.74, 6) is 0.378. The number of hydroxylamine groups is 1. The van der Waals surface area contributed by atoms with Gasteiger partial charge in [0.15, 0.2) is 0 Å². The minimum absolute atomic E-state index is 0. The van der Waals surface area contributed by atoms with Gasteiger partial charge in [0.1, 0.15) is 22.9 Å². The Hall–Kier alpha value is -4.32. The number of aromatic nitrogens is 3. The molecule has 0 bridgehead atoms. The first-order chi connectivity index (χ1) is 16.2. The third-order valence-electron chi connectivity index (χ3n) is 4.57. The van der Waals surface area contributed by atoms with E-state index in [-0.39, 0.29) is 14.3 Å². The number of benzene rings is 2. The molecule has 0 saturated heterocycles. The normalized spacial score (nSPS) is 11.3. The summed E-state index contributed by atoms with van der Waals surface area (Å²) in [6, 6.07) is 13.7. The standard InChI is InChI=1S/C22H18F3N5O4.2H2/c1-30-19-7-6-14(33-15-8-9-26-18(12-15)20(31)29-32-2)11-17(19)28-21(30)27-13-4-3-5-16(10-13)34-22(23,24)25;;/h3-12H,1-2H3,(H,27,28)(H,29,31);2*1H. The first-order valence-electron chi connectivity index (χ1n) is 9.78. The molecule has 4 aromatic rings. The second kappa shape index (κ2) is 9.27. The van der Waals surface area contributed by atoms with E-state index in [2.05, 4.69) is 30.3 Å². The summed E-state index contributed by atoms with van der Waals surface area (Å²) in [6.07, 6.45) is -3.35. The minimum atomic E-state index is -4.78. The number of nitrogens with zero attached hydrogens (tertiary/aromatic N) is 3. The Kier molecular flexibility index (Phi) is 6.23. The van der Waals surface area contributed by atoms with Crippen molar-refractivity contribution in [2.45, 2.75) is 6.36 Å². The first kappa shape index (κ1) is 22.9. The van der Waals surface area contributed by atoms with Gasteiger partial charge in [-0.1, -0.05) is 6.07 Å². The number of anilines is 2. The molecule has 0 aliphatic rings.